The number of unbranched alkanes of at least 4 members (excludes halogenated alkanes) is 28. The van der Waals surface area contributed by atoms with E-state index in [1.165, 1.54) is 128 Å². The molecule has 1 unspecified atom stereocenters. The van der Waals surface area contributed by atoms with Gasteiger partial charge in [0.25, 0.3) is 0 Å². The van der Waals surface area contributed by atoms with Crippen LogP contribution in [0.2, 0.25) is 0 Å². The molecule has 0 amide bonds. The molecule has 65 heavy (non-hydrogen) atoms. The summed E-state index contributed by atoms with van der Waals surface area (Å²) in [6.45, 7) is 6.39. The Morgan fingerprint density at radius 2 is 0.677 bits per heavy atom. The van der Waals surface area contributed by atoms with Gasteiger partial charge in [0.05, 0.1) is 0 Å². The fourth-order valence-corrected chi connectivity index (χ4v) is 7.65. The van der Waals surface area contributed by atoms with E-state index >= 15 is 0 Å². The second kappa shape index (κ2) is 53.5. The molecule has 0 aromatic rings. The normalized spacial score (nSPS) is 12.6. The van der Waals surface area contributed by atoms with Crippen LogP contribution < -0.4 is 0 Å². The summed E-state index contributed by atoms with van der Waals surface area (Å²) in [5.41, 5.74) is 0. The zero-order chi connectivity index (χ0) is 47.2. The van der Waals surface area contributed by atoms with E-state index in [9.17, 15) is 14.4 Å². The Balaban J connectivity index is 4.39. The minimum Gasteiger partial charge on any atom is -0.462 e. The lowest BCUT2D eigenvalue weighted by molar-refractivity contribution is -0.167. The number of ether oxygens (including phenoxy) is 3. The summed E-state index contributed by atoms with van der Waals surface area (Å²) in [6.07, 6.45) is 67.4. The first kappa shape index (κ1) is 61.9. The quantitative estimate of drug-likeness (QED) is 0.0199. The number of esters is 3. The van der Waals surface area contributed by atoms with Crippen molar-refractivity contribution in [3.05, 3.63) is 72.9 Å². The van der Waals surface area contributed by atoms with Crippen LogP contribution in [-0.2, 0) is 28.6 Å². The molecule has 374 valence electrons. The van der Waals surface area contributed by atoms with Gasteiger partial charge in [-0.05, 0) is 89.9 Å². The fourth-order valence-electron chi connectivity index (χ4n) is 7.65. The van der Waals surface area contributed by atoms with E-state index in [0.717, 1.165) is 96.3 Å². The summed E-state index contributed by atoms with van der Waals surface area (Å²) < 4.78 is 16.8. The van der Waals surface area contributed by atoms with Gasteiger partial charge in [0.15, 0.2) is 6.10 Å². The average molecular weight is 907 g/mol. The maximum absolute atomic E-state index is 12.8. The van der Waals surface area contributed by atoms with E-state index in [0.29, 0.717) is 19.3 Å². The molecule has 0 saturated heterocycles. The molecule has 0 radical (unpaired) electrons. The van der Waals surface area contributed by atoms with Gasteiger partial charge in [0, 0.05) is 19.3 Å². The number of rotatable bonds is 49. The molecule has 0 N–H and O–H groups in total. The summed E-state index contributed by atoms with van der Waals surface area (Å²) in [7, 11) is 0. The molecule has 0 fully saturated rings. The minimum absolute atomic E-state index is 0.0870. The van der Waals surface area contributed by atoms with Gasteiger partial charge in [-0.25, -0.2) is 0 Å². The van der Waals surface area contributed by atoms with Gasteiger partial charge < -0.3 is 14.2 Å². The van der Waals surface area contributed by atoms with Crippen molar-refractivity contribution < 1.29 is 28.6 Å². The molecule has 1 atom stereocenters. The summed E-state index contributed by atoms with van der Waals surface area (Å²) in [6, 6.07) is 0. The Kier molecular flexibility index (Phi) is 50.9. The lowest BCUT2D eigenvalue weighted by Gasteiger charge is -2.18. The van der Waals surface area contributed by atoms with Crippen molar-refractivity contribution in [3.8, 4) is 0 Å². The van der Waals surface area contributed by atoms with Gasteiger partial charge in [-0.1, -0.05) is 229 Å². The molecule has 0 bridgehead atoms. The molecule has 0 spiro atoms. The molecule has 0 saturated carbocycles. The molecule has 0 aliphatic carbocycles. The highest BCUT2D eigenvalue weighted by molar-refractivity contribution is 5.71. The SMILES string of the molecule is CC\C=C/C=C\C=C/CCCCCCCCCC(=O)OC(COC(=O)CCCCCCC/C=C\CCCCCCCCCCC)COC(=O)CCCCCCCCC/C=C\C/C=C\CC. The summed E-state index contributed by atoms with van der Waals surface area (Å²) in [5.74, 6) is -0.910. The van der Waals surface area contributed by atoms with Gasteiger partial charge in [0.1, 0.15) is 13.2 Å². The first-order valence-electron chi connectivity index (χ1n) is 27.5. The third-order valence-corrected chi connectivity index (χ3v) is 11.7. The number of allylic oxidation sites excluding steroid dienone is 12. The fraction of sp³-hybridized carbons (Fsp3) is 0.746. The Hall–Kier alpha value is -3.15. The monoisotopic (exact) mass is 907 g/mol. The maximum Gasteiger partial charge on any atom is 0.306 e. The largest absolute Gasteiger partial charge is 0.462 e. The van der Waals surface area contributed by atoms with Crippen LogP contribution in [0.1, 0.15) is 265 Å². The molecule has 6 nitrogen and oxygen atoms in total. The number of carbonyl (C=O) groups excluding carboxylic acids is 3. The van der Waals surface area contributed by atoms with Crippen LogP contribution in [0, 0.1) is 0 Å². The molecule has 0 aromatic heterocycles. The van der Waals surface area contributed by atoms with Gasteiger partial charge >= 0.3 is 17.9 Å². The van der Waals surface area contributed by atoms with Crippen molar-refractivity contribution in [3.63, 3.8) is 0 Å². The lowest BCUT2D eigenvalue weighted by atomic mass is 10.1. The van der Waals surface area contributed by atoms with Gasteiger partial charge in [-0.15, -0.1) is 0 Å². The zero-order valence-corrected chi connectivity index (χ0v) is 42.7. The van der Waals surface area contributed by atoms with Gasteiger partial charge in [-0.3, -0.25) is 14.4 Å². The van der Waals surface area contributed by atoms with Crippen molar-refractivity contribution in [2.24, 2.45) is 0 Å². The lowest BCUT2D eigenvalue weighted by Crippen LogP contribution is -2.30. The van der Waals surface area contributed by atoms with Crippen LogP contribution in [0.4, 0.5) is 0 Å². The first-order chi connectivity index (χ1) is 32.0. The van der Waals surface area contributed by atoms with Crippen LogP contribution in [0.25, 0.3) is 0 Å². The second-order valence-electron chi connectivity index (χ2n) is 18.1. The molecule has 0 aliphatic rings. The van der Waals surface area contributed by atoms with E-state index in [-0.39, 0.29) is 31.1 Å². The Bertz CT molecular complexity index is 1230. The highest BCUT2D eigenvalue weighted by Gasteiger charge is 2.19. The maximum atomic E-state index is 12.8. The Morgan fingerprint density at radius 3 is 1.11 bits per heavy atom. The van der Waals surface area contributed by atoms with Crippen LogP contribution in [0.5, 0.6) is 0 Å². The van der Waals surface area contributed by atoms with Crippen molar-refractivity contribution >= 4 is 17.9 Å². The van der Waals surface area contributed by atoms with E-state index in [2.05, 4.69) is 93.7 Å². The molecular formula is C59H102O6. The second-order valence-corrected chi connectivity index (χ2v) is 18.1. The van der Waals surface area contributed by atoms with E-state index < -0.39 is 6.10 Å². The number of carbonyl (C=O) groups is 3. The van der Waals surface area contributed by atoms with Crippen LogP contribution in [0.15, 0.2) is 72.9 Å². The van der Waals surface area contributed by atoms with Crippen molar-refractivity contribution in [2.75, 3.05) is 13.2 Å². The predicted octanol–water partition coefficient (Wildman–Crippen LogP) is 18.2. The van der Waals surface area contributed by atoms with Crippen molar-refractivity contribution in [2.45, 2.75) is 271 Å². The highest BCUT2D eigenvalue weighted by Crippen LogP contribution is 2.15. The molecular weight excluding hydrogens is 805 g/mol. The van der Waals surface area contributed by atoms with Crippen LogP contribution in [-0.4, -0.2) is 37.2 Å². The highest BCUT2D eigenvalue weighted by atomic mass is 16.6. The minimum atomic E-state index is -0.788. The Labute approximate surface area is 402 Å². The van der Waals surface area contributed by atoms with Crippen LogP contribution >= 0.6 is 0 Å². The molecule has 0 aliphatic heterocycles. The van der Waals surface area contributed by atoms with E-state index in [1.807, 2.05) is 0 Å². The third-order valence-electron chi connectivity index (χ3n) is 11.7. The number of hydrogen-bond acceptors (Lipinski definition) is 6. The van der Waals surface area contributed by atoms with E-state index in [1.54, 1.807) is 0 Å². The smallest absolute Gasteiger partial charge is 0.306 e. The van der Waals surface area contributed by atoms with Gasteiger partial charge in [0.2, 0.25) is 0 Å². The first-order valence-corrected chi connectivity index (χ1v) is 27.5. The molecule has 6 heteroatoms. The topological polar surface area (TPSA) is 78.9 Å². The third kappa shape index (κ3) is 51.7. The number of hydrogen-bond donors (Lipinski definition) is 0. The Morgan fingerprint density at radius 1 is 0.338 bits per heavy atom. The zero-order valence-electron chi connectivity index (χ0n) is 42.7. The van der Waals surface area contributed by atoms with Crippen molar-refractivity contribution in [1.29, 1.82) is 0 Å². The standard InChI is InChI=1S/C59H102O6/c1-4-7-10-13-16-19-22-25-28-29-30-32-34-37-40-43-46-49-52-58(61)64-55-56(54-63-57(60)51-48-45-42-39-36-33-27-24-21-18-15-12-9-6-3)65-59(62)53-50-47-44-41-38-35-31-26-23-20-17-14-11-8-5-2/h8-9,11-12,14,17-18,20-21,23,30,32,56H,4-7,10,13,15-16,19,22,24-29,31,33-55H2,1-3H3/b11-8-,12-9-,17-14-,21-18-,23-20-,32-30-. The summed E-state index contributed by atoms with van der Waals surface area (Å²) >= 11 is 0. The van der Waals surface area contributed by atoms with E-state index in [4.69, 9.17) is 14.2 Å². The van der Waals surface area contributed by atoms with Gasteiger partial charge in [-0.2, -0.15) is 0 Å². The molecule has 0 rings (SSSR count). The van der Waals surface area contributed by atoms with Crippen molar-refractivity contribution in [1.82, 2.24) is 0 Å². The molecule has 0 aromatic carbocycles. The summed E-state index contributed by atoms with van der Waals surface area (Å²) in [4.78, 5) is 38.1. The average Bonchev–Trinajstić information content (AvgIpc) is 3.30. The summed E-state index contributed by atoms with van der Waals surface area (Å²) in [5, 5.41) is 0. The predicted molar refractivity (Wildman–Crippen MR) is 279 cm³/mol. The molecule has 0 heterocycles. The van der Waals surface area contributed by atoms with Crippen LogP contribution in [0.3, 0.4) is 0 Å².